The maximum absolute atomic E-state index is 5.54. The molecule has 1 fully saturated rings. The van der Waals surface area contributed by atoms with Crippen LogP contribution >= 0.6 is 0 Å². The van der Waals surface area contributed by atoms with Crippen LogP contribution in [0.5, 0.6) is 11.5 Å². The van der Waals surface area contributed by atoms with Crippen molar-refractivity contribution in [2.24, 2.45) is 0 Å². The molecule has 1 aromatic rings. The van der Waals surface area contributed by atoms with Crippen LogP contribution < -0.4 is 9.47 Å². The molecular formula is C16H15NO2. The Hall–Kier alpha value is -1.74. The summed E-state index contributed by atoms with van der Waals surface area (Å²) in [5.74, 6) is 2.38. The first kappa shape index (κ1) is 10.1. The molecule has 3 heterocycles. The molecular weight excluding hydrogens is 238 g/mol. The zero-order valence-electron chi connectivity index (χ0n) is 10.6. The minimum Gasteiger partial charge on any atom is -0.454 e. The SMILES string of the molecule is C1=CC[C@H]2C(=C1)[C@H]1CN2Cc2cc3c(cc21)OCO3. The van der Waals surface area contributed by atoms with Gasteiger partial charge in [0.2, 0.25) is 6.79 Å². The van der Waals surface area contributed by atoms with E-state index in [9.17, 15) is 0 Å². The normalized spacial score (nSPS) is 32.8. The van der Waals surface area contributed by atoms with Crippen LogP contribution in [-0.4, -0.2) is 24.3 Å². The van der Waals surface area contributed by atoms with Crippen molar-refractivity contribution in [1.29, 1.82) is 0 Å². The number of hydrogen-bond acceptors (Lipinski definition) is 3. The van der Waals surface area contributed by atoms with Crippen LogP contribution in [0, 0.1) is 0 Å². The number of benzene rings is 1. The highest BCUT2D eigenvalue weighted by Gasteiger charge is 2.42. The first-order chi connectivity index (χ1) is 9.40. The van der Waals surface area contributed by atoms with E-state index in [1.807, 2.05) is 0 Å². The molecule has 96 valence electrons. The molecule has 3 heteroatoms. The Kier molecular flexibility index (Phi) is 1.82. The third-order valence-corrected chi connectivity index (χ3v) is 4.81. The summed E-state index contributed by atoms with van der Waals surface area (Å²) in [5, 5.41) is 0. The summed E-state index contributed by atoms with van der Waals surface area (Å²) in [6.45, 7) is 2.56. The predicted octanol–water partition coefficient (Wildman–Crippen LogP) is 2.58. The third-order valence-electron chi connectivity index (χ3n) is 4.81. The average Bonchev–Trinajstić information content (AvgIpc) is 3.01. The summed E-state index contributed by atoms with van der Waals surface area (Å²) in [7, 11) is 0. The smallest absolute Gasteiger partial charge is 0.231 e. The summed E-state index contributed by atoms with van der Waals surface area (Å²) < 4.78 is 11.0. The molecule has 0 spiro atoms. The first-order valence-corrected chi connectivity index (χ1v) is 6.93. The molecule has 3 atom stereocenters. The van der Waals surface area contributed by atoms with Gasteiger partial charge in [-0.05, 0) is 35.3 Å². The second-order valence-corrected chi connectivity index (χ2v) is 5.73. The summed E-state index contributed by atoms with van der Waals surface area (Å²) in [6.07, 6.45) is 7.97. The van der Waals surface area contributed by atoms with Gasteiger partial charge in [-0.2, -0.15) is 0 Å². The standard InChI is InChI=1S/C16H15NO2/c1-2-4-14-11(3-1)13-8-17(14)7-10-5-15-16(6-12(10)13)19-9-18-15/h1-3,5-6,13-14H,4,7-9H2/t13-,14+/m1/s1. The highest BCUT2D eigenvalue weighted by Crippen LogP contribution is 2.48. The minimum atomic E-state index is 0.362. The molecule has 1 aromatic carbocycles. The Bertz CT molecular complexity index is 632. The fourth-order valence-corrected chi connectivity index (χ4v) is 3.94. The van der Waals surface area contributed by atoms with Gasteiger partial charge in [-0.1, -0.05) is 18.2 Å². The van der Waals surface area contributed by atoms with Gasteiger partial charge in [0.25, 0.3) is 0 Å². The lowest BCUT2D eigenvalue weighted by Crippen LogP contribution is -2.31. The lowest BCUT2D eigenvalue weighted by atomic mass is 9.85. The molecule has 5 rings (SSSR count). The Morgan fingerprint density at radius 3 is 3.00 bits per heavy atom. The van der Waals surface area contributed by atoms with Crippen molar-refractivity contribution in [3.63, 3.8) is 0 Å². The highest BCUT2D eigenvalue weighted by atomic mass is 16.7. The van der Waals surface area contributed by atoms with Gasteiger partial charge in [-0.25, -0.2) is 0 Å². The Labute approximate surface area is 112 Å². The maximum Gasteiger partial charge on any atom is 0.231 e. The van der Waals surface area contributed by atoms with E-state index >= 15 is 0 Å². The number of fused-ring (bicyclic) bond motifs is 8. The van der Waals surface area contributed by atoms with Crippen LogP contribution in [0.2, 0.25) is 0 Å². The summed E-state index contributed by atoms with van der Waals surface area (Å²) in [4.78, 5) is 2.60. The Morgan fingerprint density at radius 2 is 2.05 bits per heavy atom. The molecule has 0 aromatic heterocycles. The van der Waals surface area contributed by atoms with Crippen molar-refractivity contribution in [3.05, 3.63) is 47.1 Å². The van der Waals surface area contributed by atoms with Gasteiger partial charge in [-0.3, -0.25) is 4.90 Å². The molecule has 0 amide bonds. The number of allylic oxidation sites excluding steroid dienone is 2. The van der Waals surface area contributed by atoms with E-state index in [1.165, 1.54) is 11.1 Å². The number of nitrogens with zero attached hydrogens (tertiary/aromatic N) is 1. The van der Waals surface area contributed by atoms with Crippen LogP contribution in [0.3, 0.4) is 0 Å². The number of rotatable bonds is 0. The molecule has 0 saturated carbocycles. The monoisotopic (exact) mass is 253 g/mol. The molecule has 1 aliphatic carbocycles. The molecule has 3 aliphatic heterocycles. The summed E-state index contributed by atoms with van der Waals surface area (Å²) in [5.41, 5.74) is 4.44. The van der Waals surface area contributed by atoms with Crippen LogP contribution in [0.15, 0.2) is 35.9 Å². The molecule has 0 radical (unpaired) electrons. The molecule has 1 saturated heterocycles. The lowest BCUT2D eigenvalue weighted by Gasteiger charge is -2.27. The van der Waals surface area contributed by atoms with Gasteiger partial charge >= 0.3 is 0 Å². The van der Waals surface area contributed by atoms with Crippen molar-refractivity contribution in [3.8, 4) is 11.5 Å². The largest absolute Gasteiger partial charge is 0.454 e. The second-order valence-electron chi connectivity index (χ2n) is 5.73. The van der Waals surface area contributed by atoms with E-state index in [4.69, 9.17) is 9.47 Å². The summed E-state index contributed by atoms with van der Waals surface area (Å²) >= 11 is 0. The molecule has 4 aliphatic rings. The van der Waals surface area contributed by atoms with Crippen LogP contribution in [0.1, 0.15) is 23.5 Å². The number of hydrogen-bond donors (Lipinski definition) is 0. The quantitative estimate of drug-likeness (QED) is 0.709. The zero-order valence-corrected chi connectivity index (χ0v) is 10.6. The van der Waals surface area contributed by atoms with Crippen LogP contribution in [0.4, 0.5) is 0 Å². The minimum absolute atomic E-state index is 0.362. The highest BCUT2D eigenvalue weighted by molar-refractivity contribution is 5.55. The van der Waals surface area contributed by atoms with E-state index < -0.39 is 0 Å². The average molecular weight is 253 g/mol. The summed E-state index contributed by atoms with van der Waals surface area (Å²) in [6, 6.07) is 5.00. The maximum atomic E-state index is 5.54. The van der Waals surface area contributed by atoms with Gasteiger partial charge in [0.1, 0.15) is 0 Å². The zero-order chi connectivity index (χ0) is 12.4. The van der Waals surface area contributed by atoms with Gasteiger partial charge in [0, 0.05) is 25.0 Å². The van der Waals surface area contributed by atoms with Gasteiger partial charge < -0.3 is 9.47 Å². The Morgan fingerprint density at radius 1 is 1.16 bits per heavy atom. The fraction of sp³-hybridized carbons (Fsp3) is 0.375. The molecule has 19 heavy (non-hydrogen) atoms. The predicted molar refractivity (Wildman–Crippen MR) is 71.3 cm³/mol. The lowest BCUT2D eigenvalue weighted by molar-refractivity contribution is 0.174. The fourth-order valence-electron chi connectivity index (χ4n) is 3.94. The van der Waals surface area contributed by atoms with Crippen molar-refractivity contribution in [1.82, 2.24) is 4.90 Å². The van der Waals surface area contributed by atoms with E-state index in [0.717, 1.165) is 31.0 Å². The first-order valence-electron chi connectivity index (χ1n) is 6.93. The van der Waals surface area contributed by atoms with Gasteiger partial charge in [-0.15, -0.1) is 0 Å². The molecule has 0 N–H and O–H groups in total. The molecule has 3 nitrogen and oxygen atoms in total. The number of ether oxygens (including phenoxy) is 2. The van der Waals surface area contributed by atoms with Crippen LogP contribution in [-0.2, 0) is 6.54 Å². The Balaban J connectivity index is 1.68. The van der Waals surface area contributed by atoms with Gasteiger partial charge in [0.15, 0.2) is 11.5 Å². The van der Waals surface area contributed by atoms with Crippen molar-refractivity contribution < 1.29 is 9.47 Å². The van der Waals surface area contributed by atoms with E-state index in [-0.39, 0.29) is 0 Å². The van der Waals surface area contributed by atoms with Crippen LogP contribution in [0.25, 0.3) is 0 Å². The molecule has 2 bridgehead atoms. The van der Waals surface area contributed by atoms with E-state index in [0.29, 0.717) is 18.8 Å². The topological polar surface area (TPSA) is 21.7 Å². The second kappa shape index (κ2) is 3.42. The van der Waals surface area contributed by atoms with Crippen molar-refractivity contribution >= 4 is 0 Å². The van der Waals surface area contributed by atoms with E-state index in [2.05, 4.69) is 35.3 Å². The third kappa shape index (κ3) is 1.26. The van der Waals surface area contributed by atoms with Crippen molar-refractivity contribution in [2.45, 2.75) is 24.9 Å². The van der Waals surface area contributed by atoms with Crippen molar-refractivity contribution in [2.75, 3.05) is 13.3 Å². The van der Waals surface area contributed by atoms with Gasteiger partial charge in [0.05, 0.1) is 0 Å². The molecule has 1 unspecified atom stereocenters. The van der Waals surface area contributed by atoms with E-state index in [1.54, 1.807) is 5.57 Å².